The van der Waals surface area contributed by atoms with E-state index in [1.807, 2.05) is 61.7 Å². The van der Waals surface area contributed by atoms with Gasteiger partial charge in [0, 0.05) is 45.0 Å². The molecule has 4 rings (SSSR count). The zero-order valence-electron chi connectivity index (χ0n) is 33.0. The molecule has 0 saturated carbocycles. The van der Waals surface area contributed by atoms with Crippen LogP contribution in [0.5, 0.6) is 0 Å². The normalized spacial score (nSPS) is 15.7. The van der Waals surface area contributed by atoms with E-state index in [0.717, 1.165) is 29.5 Å². The molecule has 3 aromatic rings. The van der Waals surface area contributed by atoms with Crippen LogP contribution in [-0.4, -0.2) is 150 Å². The Hall–Kier alpha value is -3.66. The summed E-state index contributed by atoms with van der Waals surface area (Å²) in [7, 11) is 0. The Balaban J connectivity index is 0.000000930. The number of aldehydes is 2. The summed E-state index contributed by atoms with van der Waals surface area (Å²) in [5, 5.41) is 10.1. The minimum Gasteiger partial charge on any atom is -0.378 e. The summed E-state index contributed by atoms with van der Waals surface area (Å²) in [6, 6.07) is 21.0. The van der Waals surface area contributed by atoms with Gasteiger partial charge in [-0.2, -0.15) is 5.26 Å². The number of hydrogen-bond acceptors (Lipinski definition) is 15. The van der Waals surface area contributed by atoms with Crippen LogP contribution in [0.3, 0.4) is 0 Å². The molecule has 15 heteroatoms. The van der Waals surface area contributed by atoms with E-state index >= 15 is 0 Å². The first kappa shape index (κ1) is 51.4. The number of rotatable bonds is 15. The second kappa shape index (κ2) is 35.5. The largest absolute Gasteiger partial charge is 0.378 e. The molecule has 1 aliphatic rings. The molecule has 0 bridgehead atoms. The molecule has 0 radical (unpaired) electrons. The highest BCUT2D eigenvalue weighted by molar-refractivity contribution is 8.03. The molecule has 1 unspecified atom stereocenters. The van der Waals surface area contributed by atoms with E-state index in [9.17, 15) is 9.59 Å². The van der Waals surface area contributed by atoms with Crippen molar-refractivity contribution in [3.8, 4) is 5.40 Å². The van der Waals surface area contributed by atoms with Gasteiger partial charge in [-0.3, -0.25) is 19.4 Å². The van der Waals surface area contributed by atoms with E-state index in [1.165, 1.54) is 11.8 Å². The van der Waals surface area contributed by atoms with Gasteiger partial charge in [0.1, 0.15) is 16.8 Å². The molecule has 1 aromatic carbocycles. The highest BCUT2D eigenvalue weighted by Crippen LogP contribution is 2.27. The van der Waals surface area contributed by atoms with Gasteiger partial charge in [-0.1, -0.05) is 63.7 Å². The first-order valence-corrected chi connectivity index (χ1v) is 20.2. The van der Waals surface area contributed by atoms with Crippen LogP contribution in [0.15, 0.2) is 66.7 Å². The lowest BCUT2D eigenvalue weighted by atomic mass is 10.0. The monoisotopic (exact) mass is 812 g/mol. The third kappa shape index (κ3) is 23.4. The van der Waals surface area contributed by atoms with Gasteiger partial charge in [-0.15, -0.1) is 0 Å². The second-order valence-corrected chi connectivity index (χ2v) is 12.7. The Kier molecular flexibility index (Phi) is 32.0. The highest BCUT2D eigenvalue weighted by Gasteiger charge is 2.24. The van der Waals surface area contributed by atoms with Crippen LogP contribution >= 0.6 is 11.8 Å². The molecule has 57 heavy (non-hydrogen) atoms. The third-order valence-electron chi connectivity index (χ3n) is 7.93. The minimum absolute atomic E-state index is 0. The molecular weight excluding hydrogens is 749 g/mol. The predicted molar refractivity (Wildman–Crippen MR) is 225 cm³/mol. The predicted octanol–water partition coefficient (Wildman–Crippen LogP) is 4.93. The van der Waals surface area contributed by atoms with Crippen molar-refractivity contribution in [2.75, 3.05) is 118 Å². The van der Waals surface area contributed by atoms with Crippen LogP contribution < -0.4 is 5.73 Å². The maximum atomic E-state index is 11.5. The summed E-state index contributed by atoms with van der Waals surface area (Å²) < 4.78 is 33.9. The lowest BCUT2D eigenvalue weighted by Gasteiger charge is -2.32. The Labute approximate surface area is 344 Å². The smallest absolute Gasteiger partial charge is 0.168 e. The van der Waals surface area contributed by atoms with Gasteiger partial charge in [0.2, 0.25) is 0 Å². The number of aromatic nitrogens is 2. The fourth-order valence-corrected chi connectivity index (χ4v) is 5.65. The lowest BCUT2D eigenvalue weighted by molar-refractivity contribution is 0.00332. The maximum Gasteiger partial charge on any atom is 0.168 e. The molecule has 1 aliphatic heterocycles. The summed E-state index contributed by atoms with van der Waals surface area (Å²) in [6.45, 7) is 14.2. The van der Waals surface area contributed by atoms with Crippen LogP contribution in [0.25, 0.3) is 0 Å². The molecule has 0 amide bonds. The quantitative estimate of drug-likeness (QED) is 0.124. The molecule has 2 aromatic heterocycles. The molecule has 1 atom stereocenters. The Morgan fingerprint density at radius 3 is 1.84 bits per heavy atom. The molecule has 14 nitrogen and oxygen atoms in total. The summed E-state index contributed by atoms with van der Waals surface area (Å²) in [4.78, 5) is 36.1. The summed E-state index contributed by atoms with van der Waals surface area (Å²) in [6.07, 6.45) is 1.54. The van der Waals surface area contributed by atoms with Gasteiger partial charge in [0.15, 0.2) is 12.6 Å². The SMILES string of the molecule is C.CC.N#CSCCOCCOCCN.O=Cc1cccc(CN2CCOCCOCCN(C(c3ccccc3)c3cccc(C=O)n3)CCOCCOCC2)n1. The van der Waals surface area contributed by atoms with Gasteiger partial charge >= 0.3 is 0 Å². The van der Waals surface area contributed by atoms with Gasteiger partial charge < -0.3 is 34.2 Å². The van der Waals surface area contributed by atoms with Crippen LogP contribution in [-0.2, 0) is 35.0 Å². The molecule has 1 fully saturated rings. The number of carbonyl (C=O) groups is 2. The van der Waals surface area contributed by atoms with Gasteiger partial charge in [-0.25, -0.2) is 9.97 Å². The van der Waals surface area contributed by atoms with Gasteiger partial charge in [0.25, 0.3) is 0 Å². The van der Waals surface area contributed by atoms with Crippen LogP contribution in [0.2, 0.25) is 0 Å². The second-order valence-electron chi connectivity index (χ2n) is 11.8. The van der Waals surface area contributed by atoms with E-state index in [-0.39, 0.29) is 13.5 Å². The number of hydrogen-bond donors (Lipinski definition) is 1. The number of nitrogens with zero attached hydrogens (tertiary/aromatic N) is 5. The van der Waals surface area contributed by atoms with Crippen molar-refractivity contribution in [3.05, 3.63) is 95.1 Å². The number of thiocyanates is 1. The molecule has 316 valence electrons. The van der Waals surface area contributed by atoms with Crippen LogP contribution in [0, 0.1) is 10.7 Å². The lowest BCUT2D eigenvalue weighted by Crippen LogP contribution is -2.36. The number of pyridine rings is 2. The fraction of sp³-hybridized carbons (Fsp3) is 0.548. The van der Waals surface area contributed by atoms with E-state index in [4.69, 9.17) is 39.4 Å². The fourth-order valence-electron chi connectivity index (χ4n) is 5.36. The van der Waals surface area contributed by atoms with Crippen LogP contribution in [0.4, 0.5) is 0 Å². The molecule has 1 saturated heterocycles. The Morgan fingerprint density at radius 2 is 1.28 bits per heavy atom. The topological polar surface area (TPSA) is 172 Å². The number of carbonyl (C=O) groups excluding carboxylic acids is 2. The molecule has 2 N–H and O–H groups in total. The molecule has 3 heterocycles. The molecule has 0 spiro atoms. The highest BCUT2D eigenvalue weighted by atomic mass is 32.2. The summed E-state index contributed by atoms with van der Waals surface area (Å²) in [5.74, 6) is 0.716. The van der Waals surface area contributed by atoms with Crippen molar-refractivity contribution < 1.29 is 38.0 Å². The minimum atomic E-state index is -0.163. The zero-order chi connectivity index (χ0) is 40.3. The number of thioether (sulfide) groups is 1. The van der Waals surface area contributed by atoms with Crippen molar-refractivity contribution in [2.24, 2.45) is 5.73 Å². The van der Waals surface area contributed by atoms with Crippen molar-refractivity contribution in [1.82, 2.24) is 19.8 Å². The van der Waals surface area contributed by atoms with Crippen LogP contribution in [0.1, 0.15) is 65.2 Å². The van der Waals surface area contributed by atoms with Crippen molar-refractivity contribution in [2.45, 2.75) is 33.9 Å². The van der Waals surface area contributed by atoms with Gasteiger partial charge in [0.05, 0.1) is 96.7 Å². The Bertz CT molecular complexity index is 1450. The van der Waals surface area contributed by atoms with E-state index in [1.54, 1.807) is 12.1 Å². The average molecular weight is 813 g/mol. The number of benzene rings is 1. The van der Waals surface area contributed by atoms with Crippen molar-refractivity contribution >= 4 is 24.3 Å². The summed E-state index contributed by atoms with van der Waals surface area (Å²) in [5.41, 5.74) is 8.75. The number of nitrogens with two attached hydrogens (primary N) is 1. The maximum absolute atomic E-state index is 11.5. The molecule has 0 aliphatic carbocycles. The first-order chi connectivity index (χ1) is 27.7. The van der Waals surface area contributed by atoms with E-state index < -0.39 is 0 Å². The molecular formula is C42H64N6O8S. The van der Waals surface area contributed by atoms with E-state index in [2.05, 4.69) is 31.9 Å². The summed E-state index contributed by atoms with van der Waals surface area (Å²) >= 11 is 1.20. The van der Waals surface area contributed by atoms with Gasteiger partial charge in [-0.05, 0) is 41.6 Å². The standard InChI is InChI=1S/C32H40N4O6.C7H14N2O2S.C2H6.CH4/c37-25-29-9-4-8-28(33-29)24-35-12-16-39-20-22-41-18-14-36(15-19-42-23-21-40-17-13-35)32(27-6-2-1-3-7-27)31-11-5-10-30(26-38)34-31;8-1-2-10-3-4-11-5-6-12-7-9;1-2;/h1-11,25-26,32H,12-24H2;1-6,8H2;1-2H3;1H4. The van der Waals surface area contributed by atoms with E-state index in [0.29, 0.717) is 136 Å². The first-order valence-electron chi connectivity index (χ1n) is 19.2. The third-order valence-corrected chi connectivity index (χ3v) is 8.43. The zero-order valence-corrected chi connectivity index (χ0v) is 33.8. The van der Waals surface area contributed by atoms with Crippen molar-refractivity contribution in [1.29, 1.82) is 5.26 Å². The Morgan fingerprint density at radius 1 is 0.737 bits per heavy atom. The number of ether oxygens (including phenoxy) is 6. The van der Waals surface area contributed by atoms with Crippen molar-refractivity contribution in [3.63, 3.8) is 0 Å². The average Bonchev–Trinajstić information content (AvgIpc) is 3.24. The number of nitriles is 1.